The van der Waals surface area contributed by atoms with Crippen LogP contribution < -0.4 is 0 Å². The fourth-order valence-corrected chi connectivity index (χ4v) is 1.40. The number of esters is 2. The standard InChI is InChI=1S/C10H14O4/c1-10(2)7(6-9(12)14-10)4-5-8(11)13-3/h4-5,7H,6H2,1-3H3/b5-4-. The molecule has 0 aliphatic carbocycles. The normalized spacial score (nSPS) is 25.1. The lowest BCUT2D eigenvalue weighted by Gasteiger charge is -2.21. The monoisotopic (exact) mass is 198 g/mol. The minimum atomic E-state index is -0.526. The van der Waals surface area contributed by atoms with Gasteiger partial charge in [-0.2, -0.15) is 0 Å². The van der Waals surface area contributed by atoms with Gasteiger partial charge in [0, 0.05) is 12.0 Å². The van der Waals surface area contributed by atoms with E-state index in [1.165, 1.54) is 13.2 Å². The molecule has 4 nitrogen and oxygen atoms in total. The van der Waals surface area contributed by atoms with E-state index in [-0.39, 0.29) is 11.9 Å². The van der Waals surface area contributed by atoms with Gasteiger partial charge >= 0.3 is 11.9 Å². The van der Waals surface area contributed by atoms with Crippen molar-refractivity contribution in [1.82, 2.24) is 0 Å². The second-order valence-electron chi connectivity index (χ2n) is 3.77. The smallest absolute Gasteiger partial charge is 0.330 e. The average molecular weight is 198 g/mol. The predicted molar refractivity (Wildman–Crippen MR) is 49.4 cm³/mol. The first-order chi connectivity index (χ1) is 6.45. The summed E-state index contributed by atoms with van der Waals surface area (Å²) in [6.45, 7) is 3.65. The molecular weight excluding hydrogens is 184 g/mol. The molecule has 1 rings (SSSR count). The van der Waals surface area contributed by atoms with Crippen LogP contribution >= 0.6 is 0 Å². The maximum absolute atomic E-state index is 11.0. The topological polar surface area (TPSA) is 52.6 Å². The second-order valence-corrected chi connectivity index (χ2v) is 3.77. The minimum absolute atomic E-state index is 0.0610. The summed E-state index contributed by atoms with van der Waals surface area (Å²) >= 11 is 0. The van der Waals surface area contributed by atoms with Gasteiger partial charge in [0.05, 0.1) is 13.5 Å². The highest BCUT2D eigenvalue weighted by Crippen LogP contribution is 2.33. The van der Waals surface area contributed by atoms with Gasteiger partial charge in [-0.1, -0.05) is 6.08 Å². The van der Waals surface area contributed by atoms with Crippen molar-refractivity contribution in [2.45, 2.75) is 25.9 Å². The Labute approximate surface area is 82.9 Å². The molecule has 1 unspecified atom stereocenters. The molecule has 78 valence electrons. The lowest BCUT2D eigenvalue weighted by Crippen LogP contribution is -2.26. The molecule has 0 aromatic carbocycles. The molecular formula is C10H14O4. The third kappa shape index (κ3) is 2.34. The van der Waals surface area contributed by atoms with Crippen LogP contribution in [-0.4, -0.2) is 24.6 Å². The Morgan fingerprint density at radius 3 is 2.71 bits per heavy atom. The fraction of sp³-hybridized carbons (Fsp3) is 0.600. The van der Waals surface area contributed by atoms with Crippen molar-refractivity contribution in [1.29, 1.82) is 0 Å². The molecule has 1 saturated heterocycles. The van der Waals surface area contributed by atoms with Crippen molar-refractivity contribution in [2.75, 3.05) is 7.11 Å². The van der Waals surface area contributed by atoms with Gasteiger partial charge in [0.2, 0.25) is 0 Å². The van der Waals surface area contributed by atoms with Crippen molar-refractivity contribution >= 4 is 11.9 Å². The Kier molecular flexibility index (Phi) is 2.93. The van der Waals surface area contributed by atoms with E-state index in [9.17, 15) is 9.59 Å². The highest BCUT2D eigenvalue weighted by Gasteiger charge is 2.39. The van der Waals surface area contributed by atoms with Crippen molar-refractivity contribution in [3.8, 4) is 0 Å². The molecule has 0 spiro atoms. The molecule has 1 aliphatic rings. The number of carbonyl (C=O) groups is 2. The molecule has 0 aromatic heterocycles. The first-order valence-electron chi connectivity index (χ1n) is 4.43. The molecule has 0 N–H and O–H groups in total. The molecule has 4 heteroatoms. The van der Waals surface area contributed by atoms with Gasteiger partial charge in [-0.3, -0.25) is 4.79 Å². The van der Waals surface area contributed by atoms with E-state index in [2.05, 4.69) is 4.74 Å². The Balaban J connectivity index is 2.65. The van der Waals surface area contributed by atoms with Gasteiger partial charge in [-0.15, -0.1) is 0 Å². The lowest BCUT2D eigenvalue weighted by molar-refractivity contribution is -0.146. The molecule has 0 bridgehead atoms. The molecule has 0 radical (unpaired) electrons. The third-order valence-corrected chi connectivity index (χ3v) is 2.32. The zero-order valence-electron chi connectivity index (χ0n) is 8.57. The number of cyclic esters (lactones) is 1. The predicted octanol–water partition coefficient (Wildman–Crippen LogP) is 1.06. The van der Waals surface area contributed by atoms with Gasteiger partial charge in [0.1, 0.15) is 5.60 Å². The van der Waals surface area contributed by atoms with Crippen LogP contribution in [0.3, 0.4) is 0 Å². The van der Waals surface area contributed by atoms with Crippen molar-refractivity contribution in [3.63, 3.8) is 0 Å². The van der Waals surface area contributed by atoms with Crippen molar-refractivity contribution in [3.05, 3.63) is 12.2 Å². The summed E-state index contributed by atoms with van der Waals surface area (Å²) in [5, 5.41) is 0. The first-order valence-corrected chi connectivity index (χ1v) is 4.43. The third-order valence-electron chi connectivity index (χ3n) is 2.32. The molecule has 1 aliphatic heterocycles. The van der Waals surface area contributed by atoms with Gasteiger partial charge in [0.15, 0.2) is 0 Å². The zero-order valence-corrected chi connectivity index (χ0v) is 8.57. The van der Waals surface area contributed by atoms with Crippen LogP contribution in [0.1, 0.15) is 20.3 Å². The van der Waals surface area contributed by atoms with Crippen LogP contribution in [-0.2, 0) is 19.1 Å². The molecule has 14 heavy (non-hydrogen) atoms. The Bertz CT molecular complexity index is 278. The van der Waals surface area contributed by atoms with Crippen LogP contribution in [0, 0.1) is 5.92 Å². The van der Waals surface area contributed by atoms with Gasteiger partial charge in [-0.05, 0) is 13.8 Å². The molecule has 1 heterocycles. The summed E-state index contributed by atoms with van der Waals surface area (Å²) < 4.78 is 9.54. The number of hydrogen-bond acceptors (Lipinski definition) is 4. The lowest BCUT2D eigenvalue weighted by atomic mass is 9.90. The Morgan fingerprint density at radius 1 is 1.64 bits per heavy atom. The summed E-state index contributed by atoms with van der Waals surface area (Å²) in [4.78, 5) is 21.8. The zero-order chi connectivity index (χ0) is 10.8. The van der Waals surface area contributed by atoms with E-state index in [0.717, 1.165) is 0 Å². The Hall–Kier alpha value is -1.32. The van der Waals surface area contributed by atoms with Crippen LogP contribution in [0.15, 0.2) is 12.2 Å². The van der Waals surface area contributed by atoms with Crippen LogP contribution in [0.5, 0.6) is 0 Å². The summed E-state index contributed by atoms with van der Waals surface area (Å²) in [5.74, 6) is -0.705. The molecule has 0 saturated carbocycles. The first kappa shape index (κ1) is 10.8. The van der Waals surface area contributed by atoms with Gasteiger partial charge in [0.25, 0.3) is 0 Å². The van der Waals surface area contributed by atoms with E-state index in [1.807, 2.05) is 13.8 Å². The maximum atomic E-state index is 11.0. The highest BCUT2D eigenvalue weighted by molar-refractivity contribution is 5.82. The molecule has 1 atom stereocenters. The summed E-state index contributed by atoms with van der Waals surface area (Å²) in [7, 11) is 1.31. The SMILES string of the molecule is COC(=O)/C=C\C1CC(=O)OC1(C)C. The molecule has 1 fully saturated rings. The van der Waals surface area contributed by atoms with E-state index >= 15 is 0 Å². The largest absolute Gasteiger partial charge is 0.466 e. The van der Waals surface area contributed by atoms with Crippen LogP contribution in [0.4, 0.5) is 0 Å². The van der Waals surface area contributed by atoms with Crippen molar-refractivity contribution in [2.24, 2.45) is 5.92 Å². The van der Waals surface area contributed by atoms with E-state index in [4.69, 9.17) is 4.74 Å². The van der Waals surface area contributed by atoms with E-state index in [1.54, 1.807) is 6.08 Å². The molecule has 0 aromatic rings. The maximum Gasteiger partial charge on any atom is 0.330 e. The van der Waals surface area contributed by atoms with Gasteiger partial charge < -0.3 is 9.47 Å². The summed E-state index contributed by atoms with van der Waals surface area (Å²) in [5.41, 5.74) is -0.526. The second kappa shape index (κ2) is 3.82. The fourth-order valence-electron chi connectivity index (χ4n) is 1.40. The number of hydrogen-bond donors (Lipinski definition) is 0. The van der Waals surface area contributed by atoms with Crippen molar-refractivity contribution < 1.29 is 19.1 Å². The Morgan fingerprint density at radius 2 is 2.29 bits per heavy atom. The van der Waals surface area contributed by atoms with Crippen LogP contribution in [0.2, 0.25) is 0 Å². The van der Waals surface area contributed by atoms with E-state index < -0.39 is 11.6 Å². The average Bonchev–Trinajstić information content (AvgIpc) is 2.35. The molecule has 0 amide bonds. The summed E-state index contributed by atoms with van der Waals surface area (Å²) in [6.07, 6.45) is 3.31. The summed E-state index contributed by atoms with van der Waals surface area (Å²) in [6, 6.07) is 0. The number of carbonyl (C=O) groups excluding carboxylic acids is 2. The van der Waals surface area contributed by atoms with E-state index in [0.29, 0.717) is 6.42 Å². The number of methoxy groups -OCH3 is 1. The van der Waals surface area contributed by atoms with Gasteiger partial charge in [-0.25, -0.2) is 4.79 Å². The van der Waals surface area contributed by atoms with Crippen LogP contribution in [0.25, 0.3) is 0 Å². The quantitative estimate of drug-likeness (QED) is 0.491. The highest BCUT2D eigenvalue weighted by atomic mass is 16.6. The minimum Gasteiger partial charge on any atom is -0.466 e. The number of ether oxygens (including phenoxy) is 2. The number of rotatable bonds is 2.